The SMILES string of the molecule is CCn1c(SCC(=O)N(C)C(C)c2ccc(F)c(F)c2)nnc1-c1ccco1. The summed E-state index contributed by atoms with van der Waals surface area (Å²) in [7, 11) is 1.63. The lowest BCUT2D eigenvalue weighted by Crippen LogP contribution is -2.31. The van der Waals surface area contributed by atoms with Crippen molar-refractivity contribution < 1.29 is 18.0 Å². The van der Waals surface area contributed by atoms with Gasteiger partial charge in [0.15, 0.2) is 28.4 Å². The summed E-state index contributed by atoms with van der Waals surface area (Å²) in [6.07, 6.45) is 1.56. The Labute approximate surface area is 165 Å². The first-order valence-electron chi connectivity index (χ1n) is 8.72. The molecule has 0 aliphatic heterocycles. The largest absolute Gasteiger partial charge is 0.461 e. The Bertz CT molecular complexity index is 959. The number of amides is 1. The van der Waals surface area contributed by atoms with Gasteiger partial charge in [0, 0.05) is 13.6 Å². The quantitative estimate of drug-likeness (QED) is 0.552. The molecule has 0 spiro atoms. The number of nitrogens with zero attached hydrogens (tertiary/aromatic N) is 4. The van der Waals surface area contributed by atoms with Crippen LogP contribution in [0.2, 0.25) is 0 Å². The van der Waals surface area contributed by atoms with Crippen molar-refractivity contribution in [1.29, 1.82) is 0 Å². The molecule has 1 aromatic carbocycles. The van der Waals surface area contributed by atoms with Gasteiger partial charge in [-0.15, -0.1) is 10.2 Å². The van der Waals surface area contributed by atoms with E-state index in [-0.39, 0.29) is 11.7 Å². The van der Waals surface area contributed by atoms with Gasteiger partial charge in [-0.1, -0.05) is 17.8 Å². The zero-order valence-corrected chi connectivity index (χ0v) is 16.5. The highest BCUT2D eigenvalue weighted by atomic mass is 32.2. The highest BCUT2D eigenvalue weighted by molar-refractivity contribution is 7.99. The Morgan fingerprint density at radius 1 is 1.29 bits per heavy atom. The van der Waals surface area contributed by atoms with E-state index < -0.39 is 17.7 Å². The summed E-state index contributed by atoms with van der Waals surface area (Å²) in [5.74, 6) is -0.649. The van der Waals surface area contributed by atoms with Gasteiger partial charge in [-0.3, -0.25) is 9.36 Å². The molecule has 148 valence electrons. The van der Waals surface area contributed by atoms with Gasteiger partial charge >= 0.3 is 0 Å². The third-order valence-corrected chi connectivity index (χ3v) is 5.45. The predicted octanol–water partition coefficient (Wildman–Crippen LogP) is 4.15. The molecule has 0 fully saturated rings. The predicted molar refractivity (Wildman–Crippen MR) is 102 cm³/mol. The Morgan fingerprint density at radius 2 is 2.07 bits per heavy atom. The van der Waals surface area contributed by atoms with E-state index in [2.05, 4.69) is 10.2 Å². The first-order valence-corrected chi connectivity index (χ1v) is 9.71. The van der Waals surface area contributed by atoms with Gasteiger partial charge in [-0.05, 0) is 43.7 Å². The van der Waals surface area contributed by atoms with Crippen LogP contribution in [0.3, 0.4) is 0 Å². The minimum atomic E-state index is -0.930. The highest BCUT2D eigenvalue weighted by Gasteiger charge is 2.21. The molecule has 3 aromatic rings. The highest BCUT2D eigenvalue weighted by Crippen LogP contribution is 2.26. The van der Waals surface area contributed by atoms with Crippen LogP contribution in [0.5, 0.6) is 0 Å². The number of carbonyl (C=O) groups is 1. The zero-order chi connectivity index (χ0) is 20.3. The van der Waals surface area contributed by atoms with E-state index in [1.54, 1.807) is 32.4 Å². The molecule has 1 atom stereocenters. The van der Waals surface area contributed by atoms with Gasteiger partial charge < -0.3 is 9.32 Å². The monoisotopic (exact) mass is 406 g/mol. The van der Waals surface area contributed by atoms with Crippen LogP contribution in [-0.2, 0) is 11.3 Å². The van der Waals surface area contributed by atoms with Crippen molar-refractivity contribution in [2.45, 2.75) is 31.6 Å². The fourth-order valence-corrected chi connectivity index (χ4v) is 3.63. The van der Waals surface area contributed by atoms with Crippen LogP contribution in [0.15, 0.2) is 46.2 Å². The average molecular weight is 406 g/mol. The summed E-state index contributed by atoms with van der Waals surface area (Å²) in [5.41, 5.74) is 0.525. The average Bonchev–Trinajstić information content (AvgIpc) is 3.36. The molecule has 6 nitrogen and oxygen atoms in total. The number of aromatic nitrogens is 3. The fraction of sp³-hybridized carbons (Fsp3) is 0.316. The molecule has 3 rings (SSSR count). The minimum Gasteiger partial charge on any atom is -0.461 e. The first kappa shape index (κ1) is 20.1. The molecule has 2 heterocycles. The number of rotatable bonds is 7. The van der Waals surface area contributed by atoms with E-state index in [0.29, 0.717) is 28.8 Å². The Morgan fingerprint density at radius 3 is 2.71 bits per heavy atom. The Balaban J connectivity index is 1.67. The summed E-state index contributed by atoms with van der Waals surface area (Å²) in [6, 6.07) is 6.82. The zero-order valence-electron chi connectivity index (χ0n) is 15.7. The van der Waals surface area contributed by atoms with Gasteiger partial charge in [-0.2, -0.15) is 0 Å². The van der Waals surface area contributed by atoms with E-state index in [1.807, 2.05) is 11.5 Å². The van der Waals surface area contributed by atoms with Crippen molar-refractivity contribution in [3.63, 3.8) is 0 Å². The van der Waals surface area contributed by atoms with Crippen LogP contribution in [0.4, 0.5) is 8.78 Å². The standard InChI is InChI=1S/C19H20F2N4O2S/c1-4-25-18(16-6-5-9-27-16)22-23-19(25)28-11-17(26)24(3)12(2)13-7-8-14(20)15(21)10-13/h5-10,12H,4,11H2,1-3H3. The second-order valence-corrected chi connectivity index (χ2v) is 7.11. The van der Waals surface area contributed by atoms with Crippen LogP contribution in [0.25, 0.3) is 11.6 Å². The topological polar surface area (TPSA) is 64.2 Å². The third kappa shape index (κ3) is 4.09. The van der Waals surface area contributed by atoms with Crippen molar-refractivity contribution in [3.8, 4) is 11.6 Å². The van der Waals surface area contributed by atoms with Gasteiger partial charge in [0.2, 0.25) is 5.91 Å². The normalized spacial score (nSPS) is 12.2. The molecule has 0 aliphatic rings. The summed E-state index contributed by atoms with van der Waals surface area (Å²) in [4.78, 5) is 14.1. The lowest BCUT2D eigenvalue weighted by Gasteiger charge is -2.25. The van der Waals surface area contributed by atoms with E-state index in [9.17, 15) is 13.6 Å². The van der Waals surface area contributed by atoms with Gasteiger partial charge in [0.05, 0.1) is 18.1 Å². The lowest BCUT2D eigenvalue weighted by atomic mass is 10.1. The first-order chi connectivity index (χ1) is 13.4. The number of hydrogen-bond acceptors (Lipinski definition) is 5. The van der Waals surface area contributed by atoms with Crippen molar-refractivity contribution in [3.05, 3.63) is 53.8 Å². The van der Waals surface area contributed by atoms with E-state index >= 15 is 0 Å². The number of benzene rings is 1. The smallest absolute Gasteiger partial charge is 0.233 e. The molecule has 0 saturated heterocycles. The molecule has 0 aliphatic carbocycles. The maximum absolute atomic E-state index is 13.5. The fourth-order valence-electron chi connectivity index (χ4n) is 2.71. The molecular formula is C19H20F2N4O2S. The van der Waals surface area contributed by atoms with Crippen LogP contribution in [0.1, 0.15) is 25.5 Å². The Kier molecular flexibility index (Phi) is 6.13. The van der Waals surface area contributed by atoms with Crippen molar-refractivity contribution >= 4 is 17.7 Å². The third-order valence-electron chi connectivity index (χ3n) is 4.50. The molecule has 28 heavy (non-hydrogen) atoms. The van der Waals surface area contributed by atoms with Gasteiger partial charge in [0.1, 0.15) is 0 Å². The molecule has 1 amide bonds. The van der Waals surface area contributed by atoms with E-state index in [4.69, 9.17) is 4.42 Å². The number of furan rings is 1. The molecule has 0 radical (unpaired) electrons. The second kappa shape index (κ2) is 8.55. The van der Waals surface area contributed by atoms with Crippen LogP contribution in [0, 0.1) is 11.6 Å². The maximum atomic E-state index is 13.5. The summed E-state index contributed by atoms with van der Waals surface area (Å²) in [6.45, 7) is 4.35. The van der Waals surface area contributed by atoms with Crippen LogP contribution in [-0.4, -0.2) is 38.4 Å². The van der Waals surface area contributed by atoms with Gasteiger partial charge in [0.25, 0.3) is 0 Å². The number of carbonyl (C=O) groups excluding carboxylic acids is 1. The Hall–Kier alpha value is -2.68. The second-order valence-electron chi connectivity index (χ2n) is 6.17. The summed E-state index contributed by atoms with van der Waals surface area (Å²) in [5, 5.41) is 8.91. The number of thioether (sulfide) groups is 1. The lowest BCUT2D eigenvalue weighted by molar-refractivity contribution is -0.128. The van der Waals surface area contributed by atoms with Crippen LogP contribution < -0.4 is 0 Å². The van der Waals surface area contributed by atoms with E-state index in [1.165, 1.54) is 22.7 Å². The molecule has 0 N–H and O–H groups in total. The van der Waals surface area contributed by atoms with Gasteiger partial charge in [-0.25, -0.2) is 8.78 Å². The van der Waals surface area contributed by atoms with Crippen molar-refractivity contribution in [1.82, 2.24) is 19.7 Å². The molecule has 9 heteroatoms. The van der Waals surface area contributed by atoms with Crippen molar-refractivity contribution in [2.75, 3.05) is 12.8 Å². The molecule has 0 bridgehead atoms. The maximum Gasteiger partial charge on any atom is 0.233 e. The molecule has 2 aromatic heterocycles. The molecular weight excluding hydrogens is 386 g/mol. The summed E-state index contributed by atoms with van der Waals surface area (Å²) >= 11 is 1.27. The number of hydrogen-bond donors (Lipinski definition) is 0. The van der Waals surface area contributed by atoms with Crippen molar-refractivity contribution in [2.24, 2.45) is 0 Å². The minimum absolute atomic E-state index is 0.140. The van der Waals surface area contributed by atoms with Crippen LogP contribution >= 0.6 is 11.8 Å². The molecule has 1 unspecified atom stereocenters. The van der Waals surface area contributed by atoms with E-state index in [0.717, 1.165) is 12.1 Å². The number of halogens is 2. The summed E-state index contributed by atoms with van der Waals surface area (Å²) < 4.78 is 33.8. The molecule has 0 saturated carbocycles.